The van der Waals surface area contributed by atoms with Crippen molar-refractivity contribution >= 4 is 43.5 Å². The summed E-state index contributed by atoms with van der Waals surface area (Å²) in [6.07, 6.45) is 1.08. The lowest BCUT2D eigenvalue weighted by molar-refractivity contribution is 0.404. The van der Waals surface area contributed by atoms with E-state index >= 15 is 0 Å². The van der Waals surface area contributed by atoms with Gasteiger partial charge in [0.25, 0.3) is 0 Å². The third-order valence-corrected chi connectivity index (χ3v) is 5.72. The molecule has 20 heavy (non-hydrogen) atoms. The fourth-order valence-electron chi connectivity index (χ4n) is 2.78. The molecule has 0 saturated carbocycles. The zero-order valence-corrected chi connectivity index (χ0v) is 14.8. The fourth-order valence-corrected chi connectivity index (χ4v) is 4.58. The van der Waals surface area contributed by atoms with E-state index in [0.29, 0.717) is 10.9 Å². The second-order valence-electron chi connectivity index (χ2n) is 4.92. The number of methoxy groups -OCH3 is 1. The average Bonchev–Trinajstić information content (AvgIpc) is 2.39. The Labute approximate surface area is 140 Å². The van der Waals surface area contributed by atoms with Crippen LogP contribution in [0.15, 0.2) is 40.9 Å². The molecule has 0 amide bonds. The zero-order valence-electron chi connectivity index (χ0n) is 10.9. The molecule has 2 unspecified atom stereocenters. The molecule has 2 atom stereocenters. The van der Waals surface area contributed by atoms with Crippen molar-refractivity contribution in [3.63, 3.8) is 0 Å². The van der Waals surface area contributed by atoms with Crippen LogP contribution in [0.3, 0.4) is 0 Å². The normalized spacial score (nSPS) is 18.1. The Kier molecular flexibility index (Phi) is 4.11. The molecule has 3 rings (SSSR count). The second kappa shape index (κ2) is 5.70. The summed E-state index contributed by atoms with van der Waals surface area (Å²) in [4.78, 5) is 0.197. The smallest absolute Gasteiger partial charge is 0.137 e. The Morgan fingerprint density at radius 3 is 2.75 bits per heavy atom. The number of ether oxygens (including phenoxy) is 1. The highest BCUT2D eigenvalue weighted by Gasteiger charge is 2.34. The van der Waals surface area contributed by atoms with Gasteiger partial charge in [0.2, 0.25) is 0 Å². The van der Waals surface area contributed by atoms with Gasteiger partial charge in [-0.3, -0.25) is 0 Å². The summed E-state index contributed by atoms with van der Waals surface area (Å²) < 4.78 is 6.41. The largest absolute Gasteiger partial charge is 0.495 e. The van der Waals surface area contributed by atoms with Crippen molar-refractivity contribution in [2.24, 2.45) is 0 Å². The molecule has 2 aromatic rings. The van der Waals surface area contributed by atoms with E-state index in [4.69, 9.17) is 16.3 Å². The molecule has 0 spiro atoms. The lowest BCUT2D eigenvalue weighted by Gasteiger charge is -2.34. The maximum atomic E-state index is 6.18. The molecule has 0 heterocycles. The van der Waals surface area contributed by atoms with Crippen LogP contribution in [-0.2, 0) is 6.42 Å². The lowest BCUT2D eigenvalue weighted by atomic mass is 9.74. The summed E-state index contributed by atoms with van der Waals surface area (Å²) in [6.45, 7) is 0. The van der Waals surface area contributed by atoms with Gasteiger partial charge in [-0.15, -0.1) is 0 Å². The molecule has 1 nitrogen and oxygen atoms in total. The standard InChI is InChI=1S/C16H13Br2ClO/c1-20-16-13(7-10(19)8-14(16)17)15(18)12-6-9-4-2-3-5-11(9)12/h2-5,7-8,12,15H,6H2,1H3. The first-order chi connectivity index (χ1) is 9.61. The number of alkyl halides is 1. The van der Waals surface area contributed by atoms with Gasteiger partial charge in [0.1, 0.15) is 5.75 Å². The SMILES string of the molecule is COc1c(Br)cc(Cl)cc1C(Br)C1Cc2ccccc21. The van der Waals surface area contributed by atoms with Gasteiger partial charge < -0.3 is 4.74 Å². The van der Waals surface area contributed by atoms with Crippen molar-refractivity contribution in [2.45, 2.75) is 17.2 Å². The highest BCUT2D eigenvalue weighted by atomic mass is 79.9. The summed E-state index contributed by atoms with van der Waals surface area (Å²) in [5.74, 6) is 1.31. The third kappa shape index (κ3) is 2.40. The summed E-state index contributed by atoms with van der Waals surface area (Å²) in [5.41, 5.74) is 3.93. The van der Waals surface area contributed by atoms with Crippen LogP contribution in [0.1, 0.15) is 27.4 Å². The Morgan fingerprint density at radius 1 is 1.30 bits per heavy atom. The van der Waals surface area contributed by atoms with Gasteiger partial charge in [-0.2, -0.15) is 0 Å². The minimum atomic E-state index is 0.197. The molecule has 0 N–H and O–H groups in total. The van der Waals surface area contributed by atoms with E-state index in [0.717, 1.165) is 22.2 Å². The second-order valence-corrected chi connectivity index (χ2v) is 7.20. The van der Waals surface area contributed by atoms with E-state index in [9.17, 15) is 0 Å². The molecule has 0 radical (unpaired) electrons. The quantitative estimate of drug-likeness (QED) is 0.567. The number of fused-ring (bicyclic) bond motifs is 1. The van der Waals surface area contributed by atoms with Gasteiger partial charge in [0.05, 0.1) is 16.4 Å². The summed E-state index contributed by atoms with van der Waals surface area (Å²) in [6, 6.07) is 12.4. The van der Waals surface area contributed by atoms with Crippen LogP contribution < -0.4 is 4.74 Å². The van der Waals surface area contributed by atoms with Crippen molar-refractivity contribution in [3.8, 4) is 5.75 Å². The van der Waals surface area contributed by atoms with E-state index in [-0.39, 0.29) is 4.83 Å². The molecule has 0 saturated heterocycles. The molecule has 0 fully saturated rings. The number of halogens is 3. The monoisotopic (exact) mass is 414 g/mol. The van der Waals surface area contributed by atoms with E-state index in [1.54, 1.807) is 7.11 Å². The number of benzene rings is 2. The third-order valence-electron chi connectivity index (χ3n) is 3.79. The Balaban J connectivity index is 1.98. The molecular weight excluding hydrogens is 403 g/mol. The number of hydrogen-bond donors (Lipinski definition) is 0. The van der Waals surface area contributed by atoms with E-state index in [1.807, 2.05) is 12.1 Å². The van der Waals surface area contributed by atoms with Crippen LogP contribution in [-0.4, -0.2) is 7.11 Å². The van der Waals surface area contributed by atoms with Crippen molar-refractivity contribution in [3.05, 3.63) is 62.6 Å². The van der Waals surface area contributed by atoms with Crippen LogP contribution >= 0.6 is 43.5 Å². The molecule has 1 aliphatic carbocycles. The maximum Gasteiger partial charge on any atom is 0.137 e. The van der Waals surface area contributed by atoms with Crippen LogP contribution in [0, 0.1) is 0 Å². The van der Waals surface area contributed by atoms with Gasteiger partial charge in [0, 0.05) is 16.5 Å². The molecule has 0 bridgehead atoms. The van der Waals surface area contributed by atoms with Gasteiger partial charge in [0.15, 0.2) is 0 Å². The van der Waals surface area contributed by atoms with Crippen LogP contribution in [0.4, 0.5) is 0 Å². The lowest BCUT2D eigenvalue weighted by Crippen LogP contribution is -2.21. The van der Waals surface area contributed by atoms with Crippen molar-refractivity contribution in [1.82, 2.24) is 0 Å². The predicted octanol–water partition coefficient (Wildman–Crippen LogP) is 5.89. The maximum absolute atomic E-state index is 6.18. The molecule has 104 valence electrons. The van der Waals surface area contributed by atoms with Crippen LogP contribution in [0.25, 0.3) is 0 Å². The van der Waals surface area contributed by atoms with Crippen LogP contribution in [0.5, 0.6) is 5.75 Å². The van der Waals surface area contributed by atoms with Gasteiger partial charge in [-0.1, -0.05) is 51.8 Å². The zero-order chi connectivity index (χ0) is 14.3. The summed E-state index contributed by atoms with van der Waals surface area (Å²) in [5, 5.41) is 0.713. The van der Waals surface area contributed by atoms with Gasteiger partial charge in [-0.05, 0) is 45.6 Å². The van der Waals surface area contributed by atoms with E-state index in [1.165, 1.54) is 11.1 Å². The first kappa shape index (κ1) is 14.4. The van der Waals surface area contributed by atoms with Crippen molar-refractivity contribution in [1.29, 1.82) is 0 Å². The van der Waals surface area contributed by atoms with Crippen LogP contribution in [0.2, 0.25) is 5.02 Å². The van der Waals surface area contributed by atoms with E-state index < -0.39 is 0 Å². The molecule has 1 aliphatic rings. The van der Waals surface area contributed by atoms with Crippen molar-refractivity contribution in [2.75, 3.05) is 7.11 Å². The van der Waals surface area contributed by atoms with E-state index in [2.05, 4.69) is 56.1 Å². The predicted molar refractivity (Wildman–Crippen MR) is 90.3 cm³/mol. The molecular formula is C16H13Br2ClO. The topological polar surface area (TPSA) is 9.23 Å². The Morgan fingerprint density at radius 2 is 2.05 bits per heavy atom. The number of rotatable bonds is 3. The minimum absolute atomic E-state index is 0.197. The average molecular weight is 417 g/mol. The Hall–Kier alpha value is -0.510. The highest BCUT2D eigenvalue weighted by Crippen LogP contribution is 2.51. The molecule has 4 heteroatoms. The summed E-state index contributed by atoms with van der Waals surface area (Å²) >= 11 is 13.5. The first-order valence-corrected chi connectivity index (χ1v) is 8.45. The molecule has 0 aromatic heterocycles. The fraction of sp³-hybridized carbons (Fsp3) is 0.250. The van der Waals surface area contributed by atoms with Crippen molar-refractivity contribution < 1.29 is 4.74 Å². The minimum Gasteiger partial charge on any atom is -0.495 e. The van der Waals surface area contributed by atoms with Gasteiger partial charge in [-0.25, -0.2) is 0 Å². The highest BCUT2D eigenvalue weighted by molar-refractivity contribution is 9.10. The molecule has 2 aromatic carbocycles. The molecule has 0 aliphatic heterocycles. The summed E-state index contributed by atoms with van der Waals surface area (Å²) in [7, 11) is 1.69. The van der Waals surface area contributed by atoms with Gasteiger partial charge >= 0.3 is 0 Å². The first-order valence-electron chi connectivity index (χ1n) is 6.36. The number of hydrogen-bond acceptors (Lipinski definition) is 1. The Bertz CT molecular complexity index is 657.